The molecule has 2 aromatic rings. The Morgan fingerprint density at radius 3 is 3.05 bits per heavy atom. The van der Waals surface area contributed by atoms with E-state index < -0.39 is 0 Å². The SMILES string of the molecule is CCCNc1cc(C(=O)NCc2ccno2)c(Cl)cn1. The molecular formula is C13H15ClN4O2. The summed E-state index contributed by atoms with van der Waals surface area (Å²) in [4.78, 5) is 16.2. The van der Waals surface area contributed by atoms with Crippen molar-refractivity contribution in [1.29, 1.82) is 0 Å². The molecule has 106 valence electrons. The van der Waals surface area contributed by atoms with E-state index in [0.29, 0.717) is 22.2 Å². The van der Waals surface area contributed by atoms with Gasteiger partial charge in [-0.3, -0.25) is 4.79 Å². The Morgan fingerprint density at radius 1 is 1.50 bits per heavy atom. The summed E-state index contributed by atoms with van der Waals surface area (Å²) in [6.45, 7) is 3.09. The average Bonchev–Trinajstić information content (AvgIpc) is 2.97. The number of rotatable bonds is 6. The van der Waals surface area contributed by atoms with Crippen LogP contribution >= 0.6 is 11.6 Å². The highest BCUT2D eigenvalue weighted by molar-refractivity contribution is 6.33. The maximum absolute atomic E-state index is 12.1. The van der Waals surface area contributed by atoms with Crippen LogP contribution in [0.2, 0.25) is 5.02 Å². The molecule has 0 unspecified atom stereocenters. The minimum atomic E-state index is -0.284. The Morgan fingerprint density at radius 2 is 2.35 bits per heavy atom. The second-order valence-electron chi connectivity index (χ2n) is 4.14. The van der Waals surface area contributed by atoms with Gasteiger partial charge in [0.25, 0.3) is 5.91 Å². The Hall–Kier alpha value is -2.08. The zero-order valence-corrected chi connectivity index (χ0v) is 11.8. The van der Waals surface area contributed by atoms with Crippen LogP contribution in [-0.2, 0) is 6.54 Å². The van der Waals surface area contributed by atoms with E-state index in [9.17, 15) is 4.79 Å². The molecule has 0 aliphatic heterocycles. The van der Waals surface area contributed by atoms with Crippen molar-refractivity contribution in [2.45, 2.75) is 19.9 Å². The van der Waals surface area contributed by atoms with Crippen LogP contribution in [0.1, 0.15) is 29.5 Å². The Bertz CT molecular complexity index is 572. The first-order chi connectivity index (χ1) is 9.70. The smallest absolute Gasteiger partial charge is 0.253 e. The maximum Gasteiger partial charge on any atom is 0.253 e. The molecule has 0 saturated carbocycles. The topological polar surface area (TPSA) is 80.0 Å². The summed E-state index contributed by atoms with van der Waals surface area (Å²) in [5.74, 6) is 0.919. The molecular weight excluding hydrogens is 280 g/mol. The lowest BCUT2D eigenvalue weighted by atomic mass is 10.2. The van der Waals surface area contributed by atoms with Crippen LogP contribution in [0.5, 0.6) is 0 Å². The summed E-state index contributed by atoms with van der Waals surface area (Å²) in [6.07, 6.45) is 3.95. The van der Waals surface area contributed by atoms with Crippen molar-refractivity contribution in [3.05, 3.63) is 40.9 Å². The lowest BCUT2D eigenvalue weighted by Gasteiger charge is -2.08. The fourth-order valence-electron chi connectivity index (χ4n) is 1.56. The summed E-state index contributed by atoms with van der Waals surface area (Å²) in [5.41, 5.74) is 0.375. The summed E-state index contributed by atoms with van der Waals surface area (Å²) in [7, 11) is 0. The first kappa shape index (κ1) is 14.3. The number of nitrogens with one attached hydrogen (secondary N) is 2. The van der Waals surface area contributed by atoms with Crippen molar-refractivity contribution in [2.75, 3.05) is 11.9 Å². The van der Waals surface area contributed by atoms with Crippen LogP contribution in [0.3, 0.4) is 0 Å². The number of carbonyl (C=O) groups excluding carboxylic acids is 1. The van der Waals surface area contributed by atoms with Gasteiger partial charge in [-0.1, -0.05) is 23.7 Å². The van der Waals surface area contributed by atoms with E-state index in [1.165, 1.54) is 12.4 Å². The van der Waals surface area contributed by atoms with Gasteiger partial charge in [-0.15, -0.1) is 0 Å². The standard InChI is InChI=1S/C13H15ClN4O2/c1-2-4-15-12-6-10(11(14)8-16-12)13(19)17-7-9-3-5-18-20-9/h3,5-6,8H,2,4,7H2,1H3,(H,15,16)(H,17,19). The van der Waals surface area contributed by atoms with E-state index in [-0.39, 0.29) is 12.5 Å². The zero-order chi connectivity index (χ0) is 14.4. The van der Waals surface area contributed by atoms with Gasteiger partial charge in [0.2, 0.25) is 0 Å². The number of amides is 1. The van der Waals surface area contributed by atoms with E-state index in [2.05, 4.69) is 20.8 Å². The molecule has 0 aliphatic rings. The van der Waals surface area contributed by atoms with Crippen molar-refractivity contribution < 1.29 is 9.32 Å². The molecule has 7 heteroatoms. The van der Waals surface area contributed by atoms with Gasteiger partial charge in [0, 0.05) is 18.8 Å². The molecule has 0 spiro atoms. The van der Waals surface area contributed by atoms with Gasteiger partial charge in [-0.25, -0.2) is 4.98 Å². The van der Waals surface area contributed by atoms with Crippen LogP contribution in [-0.4, -0.2) is 22.6 Å². The number of pyridine rings is 1. The molecule has 0 saturated heterocycles. The highest BCUT2D eigenvalue weighted by atomic mass is 35.5. The Labute approximate surface area is 121 Å². The van der Waals surface area contributed by atoms with E-state index >= 15 is 0 Å². The van der Waals surface area contributed by atoms with Crippen LogP contribution < -0.4 is 10.6 Å². The van der Waals surface area contributed by atoms with Crippen LogP contribution in [0.15, 0.2) is 29.0 Å². The van der Waals surface area contributed by atoms with Crippen molar-refractivity contribution in [2.24, 2.45) is 0 Å². The van der Waals surface area contributed by atoms with Gasteiger partial charge in [0.05, 0.1) is 23.3 Å². The second kappa shape index (κ2) is 6.91. The molecule has 0 atom stereocenters. The zero-order valence-electron chi connectivity index (χ0n) is 11.0. The number of nitrogens with zero attached hydrogens (tertiary/aromatic N) is 2. The summed E-state index contributed by atoms with van der Waals surface area (Å²) in [5, 5.41) is 9.69. The second-order valence-corrected chi connectivity index (χ2v) is 4.54. The van der Waals surface area contributed by atoms with E-state index in [4.69, 9.17) is 16.1 Å². The van der Waals surface area contributed by atoms with Crippen molar-refractivity contribution in [3.8, 4) is 0 Å². The normalized spacial score (nSPS) is 10.3. The van der Waals surface area contributed by atoms with Crippen LogP contribution in [0.4, 0.5) is 5.82 Å². The number of aromatic nitrogens is 2. The van der Waals surface area contributed by atoms with Crippen LogP contribution in [0, 0.1) is 0 Å². The lowest BCUT2D eigenvalue weighted by molar-refractivity contribution is 0.0947. The van der Waals surface area contributed by atoms with Crippen molar-refractivity contribution >= 4 is 23.3 Å². The van der Waals surface area contributed by atoms with Gasteiger partial charge >= 0.3 is 0 Å². The molecule has 0 fully saturated rings. The number of carbonyl (C=O) groups is 1. The average molecular weight is 295 g/mol. The van der Waals surface area contributed by atoms with Gasteiger partial charge in [0.15, 0.2) is 5.76 Å². The minimum absolute atomic E-state index is 0.259. The molecule has 0 bridgehead atoms. The first-order valence-corrected chi connectivity index (χ1v) is 6.65. The third-order valence-electron chi connectivity index (χ3n) is 2.57. The predicted molar refractivity (Wildman–Crippen MR) is 75.7 cm³/mol. The molecule has 1 amide bonds. The van der Waals surface area contributed by atoms with E-state index in [1.54, 1.807) is 12.1 Å². The maximum atomic E-state index is 12.1. The summed E-state index contributed by atoms with van der Waals surface area (Å²) in [6, 6.07) is 3.32. The highest BCUT2D eigenvalue weighted by Crippen LogP contribution is 2.18. The third-order valence-corrected chi connectivity index (χ3v) is 2.87. The molecule has 0 radical (unpaired) electrons. The molecule has 2 heterocycles. The van der Waals surface area contributed by atoms with Crippen LogP contribution in [0.25, 0.3) is 0 Å². The first-order valence-electron chi connectivity index (χ1n) is 6.28. The van der Waals surface area contributed by atoms with Gasteiger partial charge in [0.1, 0.15) is 5.82 Å². The number of hydrogen-bond acceptors (Lipinski definition) is 5. The Kier molecular flexibility index (Phi) is 4.95. The quantitative estimate of drug-likeness (QED) is 0.855. The number of halogens is 1. The monoisotopic (exact) mass is 294 g/mol. The van der Waals surface area contributed by atoms with Gasteiger partial charge in [-0.05, 0) is 12.5 Å². The molecule has 2 rings (SSSR count). The molecule has 2 N–H and O–H groups in total. The fraction of sp³-hybridized carbons (Fsp3) is 0.308. The van der Waals surface area contributed by atoms with Gasteiger partial charge < -0.3 is 15.2 Å². The fourth-order valence-corrected chi connectivity index (χ4v) is 1.75. The van der Waals surface area contributed by atoms with E-state index in [0.717, 1.165) is 13.0 Å². The van der Waals surface area contributed by atoms with Crippen molar-refractivity contribution in [1.82, 2.24) is 15.5 Å². The largest absolute Gasteiger partial charge is 0.370 e. The minimum Gasteiger partial charge on any atom is -0.370 e. The molecule has 6 nitrogen and oxygen atoms in total. The molecule has 0 aliphatic carbocycles. The van der Waals surface area contributed by atoms with Crippen molar-refractivity contribution in [3.63, 3.8) is 0 Å². The predicted octanol–water partition coefficient (Wildman–Crippen LogP) is 2.47. The molecule has 2 aromatic heterocycles. The molecule has 0 aromatic carbocycles. The van der Waals surface area contributed by atoms with E-state index in [1.807, 2.05) is 6.92 Å². The third kappa shape index (κ3) is 3.71. The molecule has 20 heavy (non-hydrogen) atoms. The number of anilines is 1. The van der Waals surface area contributed by atoms with Gasteiger partial charge in [-0.2, -0.15) is 0 Å². The Balaban J connectivity index is 2.04. The summed E-state index contributed by atoms with van der Waals surface area (Å²) < 4.78 is 4.90. The lowest BCUT2D eigenvalue weighted by Crippen LogP contribution is -2.23. The summed E-state index contributed by atoms with van der Waals surface area (Å²) >= 11 is 6.00. The number of hydrogen-bond donors (Lipinski definition) is 2. The highest BCUT2D eigenvalue weighted by Gasteiger charge is 2.12.